The van der Waals surface area contributed by atoms with Crippen LogP contribution >= 0.6 is 0 Å². The molecule has 0 unspecified atom stereocenters. The molecule has 0 spiro atoms. The van der Waals surface area contributed by atoms with E-state index >= 15 is 0 Å². The van der Waals surface area contributed by atoms with E-state index in [1.54, 1.807) is 28.0 Å². The molecule has 1 aliphatic rings. The average Bonchev–Trinajstić information content (AvgIpc) is 3.26. The summed E-state index contributed by atoms with van der Waals surface area (Å²) in [6.45, 7) is 19.3. The number of hydrazone groups is 1. The Morgan fingerprint density at radius 2 is 1.73 bits per heavy atom. The lowest BCUT2D eigenvalue weighted by Crippen LogP contribution is -2.51. The Hall–Kier alpha value is -5.64. The van der Waals surface area contributed by atoms with E-state index in [0.717, 1.165) is 45.0 Å². The van der Waals surface area contributed by atoms with E-state index in [1.165, 1.54) is 4.90 Å². The van der Waals surface area contributed by atoms with Crippen molar-refractivity contribution >= 4 is 52.0 Å². The molecule has 0 fully saturated rings. The molecular formula is C42H56N6O4. The first-order valence-corrected chi connectivity index (χ1v) is 17.5. The minimum Gasteiger partial charge on any atom is -0.495 e. The minimum absolute atomic E-state index is 0.121. The van der Waals surface area contributed by atoms with Crippen LogP contribution in [0.25, 0.3) is 11.6 Å². The van der Waals surface area contributed by atoms with Gasteiger partial charge in [0.2, 0.25) is 0 Å². The van der Waals surface area contributed by atoms with Crippen molar-refractivity contribution in [2.45, 2.75) is 66.8 Å². The molecule has 1 atom stereocenters. The third-order valence-corrected chi connectivity index (χ3v) is 8.04. The fourth-order valence-corrected chi connectivity index (χ4v) is 5.25. The zero-order chi connectivity index (χ0) is 38.8. The fraction of sp³-hybridized carbons (Fsp3) is 0.333. The van der Waals surface area contributed by atoms with Crippen LogP contribution in [0.2, 0.25) is 0 Å². The Kier molecular flexibility index (Phi) is 17.6. The quantitative estimate of drug-likeness (QED) is 0.106. The average molecular weight is 709 g/mol. The standard InChI is InChI=1S/C26H31N5O3.C14H19NO.C2H6/c1-17(14-20-8-6-5-7-9-20)29-30-19(3)25(33)28-23-16-27-22-13-12-21(11-10-18(2)32)15-24(22)31(4)26(23)34;1-6-7-11-8-13(15-4)14(16-5)9-12(11)10(2)3;1-2/h5-9,12-13,15,23,27,29H,1,10-11,14,16H2,2-4H3,(H,28,33);6-9,15H,2H2,1,3-5H3;1-2H3/b30-19+;7-6-;/t23-;;/m0../s1. The number of fused-ring (bicyclic) bond motifs is 1. The van der Waals surface area contributed by atoms with Crippen LogP contribution in [0.15, 0.2) is 90.7 Å². The molecule has 52 heavy (non-hydrogen) atoms. The molecule has 278 valence electrons. The second-order valence-corrected chi connectivity index (χ2v) is 12.1. The SMILES string of the molecule is C=C(C)c1cc(OC)c(NC)cc1/C=C\C.C=C(Cc1ccccc1)N/N=C(\C)C(=O)N[C@H]1CNc2ccc(CCC(C)=O)cc2N(C)C1=O.CC. The summed E-state index contributed by atoms with van der Waals surface area (Å²) in [5.74, 6) is 0.281. The smallest absolute Gasteiger partial charge is 0.267 e. The van der Waals surface area contributed by atoms with Crippen LogP contribution in [0.3, 0.4) is 0 Å². The number of hydrogen-bond acceptors (Lipinski definition) is 8. The van der Waals surface area contributed by atoms with Crippen molar-refractivity contribution in [3.8, 4) is 5.75 Å². The Bertz CT molecular complexity index is 1760. The van der Waals surface area contributed by atoms with Crippen molar-refractivity contribution in [3.63, 3.8) is 0 Å². The van der Waals surface area contributed by atoms with E-state index in [9.17, 15) is 14.4 Å². The molecule has 10 nitrogen and oxygen atoms in total. The number of nitrogens with one attached hydrogen (secondary N) is 4. The molecular weight excluding hydrogens is 653 g/mol. The number of nitrogens with zero attached hydrogens (tertiary/aromatic N) is 2. The fourth-order valence-electron chi connectivity index (χ4n) is 5.25. The number of methoxy groups -OCH3 is 1. The number of carbonyl (C=O) groups excluding carboxylic acids is 3. The molecule has 0 aromatic heterocycles. The van der Waals surface area contributed by atoms with Gasteiger partial charge in [-0.1, -0.05) is 81.1 Å². The first-order chi connectivity index (χ1) is 24.9. The summed E-state index contributed by atoms with van der Waals surface area (Å²) in [6.07, 6.45) is 5.75. The summed E-state index contributed by atoms with van der Waals surface area (Å²) in [6, 6.07) is 18.9. The van der Waals surface area contributed by atoms with E-state index in [4.69, 9.17) is 4.74 Å². The van der Waals surface area contributed by atoms with Gasteiger partial charge in [0.15, 0.2) is 0 Å². The van der Waals surface area contributed by atoms with Gasteiger partial charge >= 0.3 is 0 Å². The lowest BCUT2D eigenvalue weighted by molar-refractivity contribution is -0.124. The number of aryl methyl sites for hydroxylation is 1. The summed E-state index contributed by atoms with van der Waals surface area (Å²) in [7, 11) is 5.24. The van der Waals surface area contributed by atoms with E-state index in [2.05, 4.69) is 51.8 Å². The van der Waals surface area contributed by atoms with Crippen molar-refractivity contribution in [3.05, 3.63) is 108 Å². The first-order valence-electron chi connectivity index (χ1n) is 17.5. The van der Waals surface area contributed by atoms with Gasteiger partial charge in [-0.2, -0.15) is 5.10 Å². The van der Waals surface area contributed by atoms with Crippen molar-refractivity contribution in [1.29, 1.82) is 0 Å². The van der Waals surface area contributed by atoms with Crippen LogP contribution in [0.1, 0.15) is 70.2 Å². The second kappa shape index (κ2) is 21.5. The predicted molar refractivity (Wildman–Crippen MR) is 218 cm³/mol. The number of carbonyl (C=O) groups is 3. The Morgan fingerprint density at radius 3 is 2.33 bits per heavy atom. The maximum Gasteiger partial charge on any atom is 0.267 e. The van der Waals surface area contributed by atoms with Crippen LogP contribution in [0.4, 0.5) is 17.1 Å². The van der Waals surface area contributed by atoms with Crippen LogP contribution in [0.5, 0.6) is 5.75 Å². The van der Waals surface area contributed by atoms with Gasteiger partial charge in [-0.25, -0.2) is 0 Å². The largest absolute Gasteiger partial charge is 0.495 e. The molecule has 4 N–H and O–H groups in total. The van der Waals surface area contributed by atoms with Crippen molar-refractivity contribution in [2.75, 3.05) is 43.3 Å². The van der Waals surface area contributed by atoms with Crippen molar-refractivity contribution in [1.82, 2.24) is 10.7 Å². The van der Waals surface area contributed by atoms with Crippen molar-refractivity contribution < 1.29 is 19.1 Å². The summed E-state index contributed by atoms with van der Waals surface area (Å²) >= 11 is 0. The molecule has 1 aliphatic heterocycles. The number of hydrogen-bond donors (Lipinski definition) is 4. The zero-order valence-electron chi connectivity index (χ0n) is 32.3. The third-order valence-electron chi connectivity index (χ3n) is 8.04. The van der Waals surface area contributed by atoms with Gasteiger partial charge in [-0.05, 0) is 80.6 Å². The van der Waals surface area contributed by atoms with Gasteiger partial charge < -0.3 is 30.4 Å². The van der Waals surface area contributed by atoms with Crippen LogP contribution in [0, 0.1) is 0 Å². The second-order valence-electron chi connectivity index (χ2n) is 12.1. The van der Waals surface area contributed by atoms with Crippen LogP contribution < -0.4 is 31.0 Å². The maximum atomic E-state index is 13.1. The number of ether oxygens (including phenoxy) is 1. The normalized spacial score (nSPS) is 13.6. The molecule has 3 aromatic carbocycles. The lowest BCUT2D eigenvalue weighted by atomic mass is 10.00. The van der Waals surface area contributed by atoms with Crippen LogP contribution in [-0.4, -0.2) is 57.1 Å². The third kappa shape index (κ3) is 12.6. The molecule has 0 radical (unpaired) electrons. The molecule has 2 amide bonds. The number of Topliss-reactive ketones (excluding diaryl/α,β-unsaturated/α-hetero) is 1. The highest BCUT2D eigenvalue weighted by Gasteiger charge is 2.30. The highest BCUT2D eigenvalue weighted by molar-refractivity contribution is 6.38. The van der Waals surface area contributed by atoms with Crippen molar-refractivity contribution in [2.24, 2.45) is 5.10 Å². The summed E-state index contributed by atoms with van der Waals surface area (Å²) in [4.78, 5) is 38.6. The number of benzene rings is 3. The maximum absolute atomic E-state index is 13.1. The number of anilines is 3. The molecule has 0 saturated carbocycles. The predicted octanol–water partition coefficient (Wildman–Crippen LogP) is 7.63. The number of ketones is 1. The van der Waals surface area contributed by atoms with Crippen LogP contribution in [-0.2, 0) is 27.2 Å². The summed E-state index contributed by atoms with van der Waals surface area (Å²) in [5, 5.41) is 13.2. The first kappa shape index (κ1) is 42.5. The molecule has 3 aromatic rings. The molecule has 4 rings (SSSR count). The van der Waals surface area contributed by atoms with E-state index < -0.39 is 11.9 Å². The minimum atomic E-state index is -0.761. The number of likely N-dealkylation sites (N-methyl/N-ethyl adjacent to an activating group) is 1. The molecule has 10 heteroatoms. The Balaban J connectivity index is 0.000000435. The van der Waals surface area contributed by atoms with E-state index in [1.807, 2.05) is 95.4 Å². The van der Waals surface area contributed by atoms with Gasteiger partial charge in [-0.15, -0.1) is 0 Å². The molecule has 1 heterocycles. The summed E-state index contributed by atoms with van der Waals surface area (Å²) < 4.78 is 5.33. The topological polar surface area (TPSA) is 124 Å². The Morgan fingerprint density at radius 1 is 1.04 bits per heavy atom. The summed E-state index contributed by atoms with van der Waals surface area (Å²) in [5.41, 5.74) is 11.5. The number of amides is 2. The highest BCUT2D eigenvalue weighted by atomic mass is 16.5. The Labute approximate surface area is 310 Å². The number of rotatable bonds is 13. The van der Waals surface area contributed by atoms with Gasteiger partial charge in [0.05, 0.1) is 24.2 Å². The van der Waals surface area contributed by atoms with E-state index in [-0.39, 0.29) is 23.9 Å². The highest BCUT2D eigenvalue weighted by Crippen LogP contribution is 2.32. The zero-order valence-corrected chi connectivity index (χ0v) is 32.3. The van der Waals surface area contributed by atoms with E-state index in [0.29, 0.717) is 30.6 Å². The van der Waals surface area contributed by atoms with Gasteiger partial charge in [0, 0.05) is 39.2 Å². The lowest BCUT2D eigenvalue weighted by Gasteiger charge is -2.21. The molecule has 0 saturated heterocycles. The monoisotopic (exact) mass is 708 g/mol. The molecule has 0 aliphatic carbocycles. The molecule has 0 bridgehead atoms. The van der Waals surface area contributed by atoms with Gasteiger partial charge in [0.25, 0.3) is 11.8 Å². The number of allylic oxidation sites excluding steroid dienone is 3. The van der Waals surface area contributed by atoms with Gasteiger partial charge in [-0.3, -0.25) is 15.0 Å². The van der Waals surface area contributed by atoms with Gasteiger partial charge in [0.1, 0.15) is 23.3 Å².